The summed E-state index contributed by atoms with van der Waals surface area (Å²) in [4.78, 5) is 4.11. The molecule has 0 aliphatic rings. The molecule has 8 heteroatoms. The van der Waals surface area contributed by atoms with E-state index < -0.39 is 9.84 Å². The zero-order chi connectivity index (χ0) is 12.0. The molecule has 1 N–H and O–H groups in total. The van der Waals surface area contributed by atoms with Crippen LogP contribution in [0, 0.1) is 6.92 Å². The summed E-state index contributed by atoms with van der Waals surface area (Å²) >= 11 is 1.29. The van der Waals surface area contributed by atoms with Gasteiger partial charge in [-0.1, -0.05) is 0 Å². The molecule has 0 aromatic carbocycles. The van der Waals surface area contributed by atoms with Gasteiger partial charge in [0.05, 0.1) is 19.0 Å². The lowest BCUT2D eigenvalue weighted by Gasteiger charge is -2.03. The van der Waals surface area contributed by atoms with Crippen LogP contribution in [0.2, 0.25) is 0 Å². The van der Waals surface area contributed by atoms with Crippen LogP contribution in [-0.4, -0.2) is 49.5 Å². The van der Waals surface area contributed by atoms with E-state index in [1.807, 2.05) is 6.92 Å². The molecule has 1 heterocycles. The Kier molecular flexibility index (Phi) is 5.10. The zero-order valence-corrected chi connectivity index (χ0v) is 10.9. The number of aryl methyl sites for hydroxylation is 1. The fourth-order valence-electron chi connectivity index (χ4n) is 0.911. The van der Waals surface area contributed by atoms with Gasteiger partial charge in [0.1, 0.15) is 15.7 Å². The van der Waals surface area contributed by atoms with E-state index in [1.165, 1.54) is 17.8 Å². The third kappa shape index (κ3) is 5.99. The summed E-state index contributed by atoms with van der Waals surface area (Å²) in [5.74, 6) is 0.802. The van der Waals surface area contributed by atoms with Crippen molar-refractivity contribution in [2.45, 2.75) is 6.92 Å². The lowest BCUT2D eigenvalue weighted by Crippen LogP contribution is -2.14. The number of aromatic nitrogens is 2. The second-order valence-electron chi connectivity index (χ2n) is 3.32. The fourth-order valence-corrected chi connectivity index (χ4v) is 1.93. The van der Waals surface area contributed by atoms with Gasteiger partial charge in [0.2, 0.25) is 5.13 Å². The molecular formula is C8H15N3O3S2. The minimum atomic E-state index is -2.93. The lowest BCUT2D eigenvalue weighted by atomic mass is 10.7. The first-order valence-corrected chi connectivity index (χ1v) is 7.60. The van der Waals surface area contributed by atoms with Gasteiger partial charge in [-0.25, -0.2) is 13.4 Å². The molecule has 0 bridgehead atoms. The highest BCUT2D eigenvalue weighted by atomic mass is 32.2. The predicted octanol–water partition coefficient (Wildman–Crippen LogP) is 0.320. The van der Waals surface area contributed by atoms with Crippen LogP contribution in [0.4, 0.5) is 5.13 Å². The Hall–Kier alpha value is -0.730. The summed E-state index contributed by atoms with van der Waals surface area (Å²) in [6.07, 6.45) is 1.19. The van der Waals surface area contributed by atoms with E-state index in [2.05, 4.69) is 14.7 Å². The molecule has 0 amide bonds. The molecule has 0 fully saturated rings. The number of ether oxygens (including phenoxy) is 1. The van der Waals surface area contributed by atoms with E-state index in [1.54, 1.807) is 0 Å². The van der Waals surface area contributed by atoms with Gasteiger partial charge in [0.15, 0.2) is 0 Å². The fraction of sp³-hybridized carbons (Fsp3) is 0.750. The molecule has 16 heavy (non-hydrogen) atoms. The third-order valence-corrected chi connectivity index (χ3v) is 3.32. The number of nitrogens with one attached hydrogen (secondary N) is 1. The highest BCUT2D eigenvalue weighted by molar-refractivity contribution is 7.90. The predicted molar refractivity (Wildman–Crippen MR) is 63.7 cm³/mol. The summed E-state index contributed by atoms with van der Waals surface area (Å²) in [5.41, 5.74) is 0. The Bertz CT molecular complexity index is 416. The molecule has 0 radical (unpaired) electrons. The standard InChI is InChI=1S/C8H15N3O3S2/c1-7-10-8(15-11-7)9-3-4-14-5-6-16(2,12)13/h3-6H2,1-2H3,(H,9,10,11). The van der Waals surface area contributed by atoms with Crippen molar-refractivity contribution in [2.24, 2.45) is 0 Å². The van der Waals surface area contributed by atoms with Crippen LogP contribution in [0.1, 0.15) is 5.82 Å². The first-order valence-electron chi connectivity index (χ1n) is 4.77. The van der Waals surface area contributed by atoms with Gasteiger partial charge >= 0.3 is 0 Å². The van der Waals surface area contributed by atoms with Gasteiger partial charge in [0, 0.05) is 24.3 Å². The zero-order valence-electron chi connectivity index (χ0n) is 9.26. The smallest absolute Gasteiger partial charge is 0.202 e. The number of rotatable bonds is 7. The van der Waals surface area contributed by atoms with E-state index >= 15 is 0 Å². The van der Waals surface area contributed by atoms with Crippen LogP contribution in [-0.2, 0) is 14.6 Å². The van der Waals surface area contributed by atoms with Gasteiger partial charge in [-0.2, -0.15) is 4.37 Å². The maximum atomic E-state index is 10.8. The monoisotopic (exact) mass is 265 g/mol. The number of hydrogen-bond acceptors (Lipinski definition) is 7. The molecule has 0 aliphatic heterocycles. The van der Waals surface area contributed by atoms with Gasteiger partial charge in [-0.3, -0.25) is 0 Å². The van der Waals surface area contributed by atoms with Crippen LogP contribution in [0.3, 0.4) is 0 Å². The number of anilines is 1. The molecular weight excluding hydrogens is 250 g/mol. The Morgan fingerprint density at radius 1 is 1.44 bits per heavy atom. The van der Waals surface area contributed by atoms with Crippen molar-refractivity contribution in [3.8, 4) is 0 Å². The van der Waals surface area contributed by atoms with Gasteiger partial charge in [0.25, 0.3) is 0 Å². The summed E-state index contributed by atoms with van der Waals surface area (Å²) in [6.45, 7) is 3.10. The molecule has 92 valence electrons. The summed E-state index contributed by atoms with van der Waals surface area (Å²) in [5, 5.41) is 3.79. The highest BCUT2D eigenvalue weighted by Crippen LogP contribution is 2.08. The van der Waals surface area contributed by atoms with E-state index in [0.29, 0.717) is 13.2 Å². The average Bonchev–Trinajstić information content (AvgIpc) is 2.56. The van der Waals surface area contributed by atoms with Crippen LogP contribution in [0.25, 0.3) is 0 Å². The largest absolute Gasteiger partial charge is 0.379 e. The quantitative estimate of drug-likeness (QED) is 0.715. The first kappa shape index (κ1) is 13.3. The molecule has 1 aromatic heterocycles. The topological polar surface area (TPSA) is 81.2 Å². The number of hydrogen-bond donors (Lipinski definition) is 1. The number of nitrogens with zero attached hydrogens (tertiary/aromatic N) is 2. The average molecular weight is 265 g/mol. The summed E-state index contributed by atoms with van der Waals surface area (Å²) in [7, 11) is -2.93. The van der Waals surface area contributed by atoms with Gasteiger partial charge < -0.3 is 10.1 Å². The SMILES string of the molecule is Cc1nsc(NCCOCCS(C)(=O)=O)n1. The Morgan fingerprint density at radius 3 is 2.75 bits per heavy atom. The molecule has 0 aliphatic carbocycles. The van der Waals surface area contributed by atoms with Crippen molar-refractivity contribution < 1.29 is 13.2 Å². The molecule has 0 saturated heterocycles. The molecule has 0 unspecified atom stereocenters. The maximum Gasteiger partial charge on any atom is 0.202 e. The molecule has 1 rings (SSSR count). The van der Waals surface area contributed by atoms with Crippen molar-refractivity contribution in [1.29, 1.82) is 0 Å². The maximum absolute atomic E-state index is 10.8. The summed E-state index contributed by atoms with van der Waals surface area (Å²) < 4.78 is 30.7. The van der Waals surface area contributed by atoms with Gasteiger partial charge in [-0.15, -0.1) is 0 Å². The van der Waals surface area contributed by atoms with Crippen LogP contribution in [0.5, 0.6) is 0 Å². The van der Waals surface area contributed by atoms with Crippen molar-refractivity contribution in [2.75, 3.05) is 37.1 Å². The Balaban J connectivity index is 2.04. The normalized spacial score (nSPS) is 11.6. The molecule has 6 nitrogen and oxygen atoms in total. The molecule has 0 saturated carbocycles. The van der Waals surface area contributed by atoms with E-state index in [0.717, 1.165) is 11.0 Å². The van der Waals surface area contributed by atoms with Crippen molar-refractivity contribution in [1.82, 2.24) is 9.36 Å². The first-order chi connectivity index (χ1) is 7.47. The van der Waals surface area contributed by atoms with Crippen LogP contribution < -0.4 is 5.32 Å². The molecule has 0 atom stereocenters. The Labute approximate surface area is 99.1 Å². The molecule has 0 spiro atoms. The Morgan fingerprint density at radius 2 is 2.19 bits per heavy atom. The molecule has 1 aromatic rings. The van der Waals surface area contributed by atoms with Gasteiger partial charge in [-0.05, 0) is 6.92 Å². The second kappa shape index (κ2) is 6.12. The summed E-state index contributed by atoms with van der Waals surface area (Å²) in [6, 6.07) is 0. The van der Waals surface area contributed by atoms with Crippen LogP contribution >= 0.6 is 11.5 Å². The van der Waals surface area contributed by atoms with Crippen LogP contribution in [0.15, 0.2) is 0 Å². The van der Waals surface area contributed by atoms with Crippen molar-refractivity contribution in [3.05, 3.63) is 5.82 Å². The van der Waals surface area contributed by atoms with Crippen molar-refractivity contribution >= 4 is 26.5 Å². The van der Waals surface area contributed by atoms with E-state index in [9.17, 15) is 8.42 Å². The third-order valence-electron chi connectivity index (χ3n) is 1.65. The minimum absolute atomic E-state index is 0.0604. The minimum Gasteiger partial charge on any atom is -0.379 e. The second-order valence-corrected chi connectivity index (χ2v) is 6.33. The van der Waals surface area contributed by atoms with E-state index in [4.69, 9.17) is 4.74 Å². The number of sulfone groups is 1. The van der Waals surface area contributed by atoms with E-state index in [-0.39, 0.29) is 12.4 Å². The van der Waals surface area contributed by atoms with Crippen molar-refractivity contribution in [3.63, 3.8) is 0 Å². The lowest BCUT2D eigenvalue weighted by molar-refractivity contribution is 0.159. The highest BCUT2D eigenvalue weighted by Gasteiger charge is 2.01.